The van der Waals surface area contributed by atoms with Crippen LogP contribution in [0.2, 0.25) is 0 Å². The number of benzene rings is 8. The van der Waals surface area contributed by atoms with Crippen LogP contribution in [0.1, 0.15) is 153 Å². The van der Waals surface area contributed by atoms with E-state index in [1.165, 1.54) is 326 Å². The Hall–Kier alpha value is -10.0. The molecule has 12 nitrogen and oxygen atoms in total. The summed E-state index contributed by atoms with van der Waals surface area (Å²) in [4.78, 5) is 11.5. The third kappa shape index (κ3) is 23.9. The van der Waals surface area contributed by atoms with Crippen molar-refractivity contribution in [2.45, 2.75) is 156 Å². The van der Waals surface area contributed by atoms with E-state index in [2.05, 4.69) is 287 Å². The monoisotopic (exact) mass is 2040 g/mol. The first-order valence-electron chi connectivity index (χ1n) is 45.9. The second-order valence-corrected chi connectivity index (χ2v) is 44.2. The lowest BCUT2D eigenvalue weighted by molar-refractivity contribution is 0.667. The zero-order valence-electron chi connectivity index (χ0n) is 75.2. The molecule has 0 aliphatic rings. The Morgan fingerprint density at radius 2 is 0.430 bits per heavy atom. The molecule has 0 aliphatic carbocycles. The lowest BCUT2D eigenvalue weighted by atomic mass is 10.0. The van der Waals surface area contributed by atoms with Gasteiger partial charge >= 0.3 is 0 Å². The smallest absolute Gasteiger partial charge is 0.114 e. The average Bonchev–Trinajstić information content (AvgIpc) is 1.66. The van der Waals surface area contributed by atoms with Crippen LogP contribution in [-0.4, -0.2) is 52.5 Å². The van der Waals surface area contributed by atoms with E-state index in [0.29, 0.717) is 0 Å². The summed E-state index contributed by atoms with van der Waals surface area (Å²) in [6, 6.07) is 79.2. The summed E-state index contributed by atoms with van der Waals surface area (Å²) in [7, 11) is 0. The molecular formula is C108H98N12S15. The maximum Gasteiger partial charge on any atom is 0.114 e. The summed E-state index contributed by atoms with van der Waals surface area (Å²) in [5, 5.41) is 20.0. The van der Waals surface area contributed by atoms with Gasteiger partial charge in [-0.2, -0.15) is 52.5 Å². The van der Waals surface area contributed by atoms with Gasteiger partial charge in [0, 0.05) is 94.0 Å². The van der Waals surface area contributed by atoms with Crippen LogP contribution < -0.4 is 0 Å². The summed E-state index contributed by atoms with van der Waals surface area (Å²) in [5.41, 5.74) is 33.8. The van der Waals surface area contributed by atoms with Gasteiger partial charge in [0.2, 0.25) is 0 Å². The normalized spacial score (nSPS) is 11.3. The minimum absolute atomic E-state index is 0.985. The molecule has 0 radical (unpaired) electrons. The molecule has 27 heteroatoms. The van der Waals surface area contributed by atoms with Crippen molar-refractivity contribution in [2.75, 3.05) is 0 Å². The number of aryl methyl sites for hydroxylation is 4. The van der Waals surface area contributed by atoms with Crippen LogP contribution in [0.3, 0.4) is 0 Å². The largest absolute Gasteiger partial charge is 0.173 e. The highest BCUT2D eigenvalue weighted by atomic mass is 32.2. The number of thiophene rings is 9. The molecule has 680 valence electrons. The maximum absolute atomic E-state index is 4.70. The summed E-state index contributed by atoms with van der Waals surface area (Å²) in [6.07, 6.45) is 25.7. The van der Waals surface area contributed by atoms with Crippen molar-refractivity contribution >= 4 is 239 Å². The van der Waals surface area contributed by atoms with Gasteiger partial charge in [0.05, 0.1) is 70.4 Å². The highest BCUT2D eigenvalue weighted by Gasteiger charge is 2.22. The molecule has 15 aromatic heterocycles. The van der Waals surface area contributed by atoms with Crippen LogP contribution in [-0.2, 0) is 25.7 Å². The molecule has 0 spiro atoms. The summed E-state index contributed by atoms with van der Waals surface area (Å²) < 4.78 is 53.7. The third-order valence-corrected chi connectivity index (χ3v) is 35.3. The first kappa shape index (κ1) is 95.3. The van der Waals surface area contributed by atoms with Crippen molar-refractivity contribution in [1.82, 2.24) is 52.5 Å². The molecule has 0 aliphatic heterocycles. The van der Waals surface area contributed by atoms with Crippen LogP contribution >= 0.6 is 172 Å². The van der Waals surface area contributed by atoms with Crippen LogP contribution in [0.25, 0.3) is 182 Å². The Bertz CT molecular complexity index is 7010. The Morgan fingerprint density at radius 1 is 0.178 bits per heavy atom. The molecular weight excluding hydrogens is 1950 g/mol. The van der Waals surface area contributed by atoms with Crippen LogP contribution in [0.15, 0.2) is 273 Å². The van der Waals surface area contributed by atoms with E-state index in [9.17, 15) is 0 Å². The minimum atomic E-state index is 0.985. The van der Waals surface area contributed by atoms with Gasteiger partial charge in [-0.15, -0.1) is 102 Å². The first-order valence-corrected chi connectivity index (χ1v) is 58.2. The van der Waals surface area contributed by atoms with Crippen molar-refractivity contribution < 1.29 is 0 Å². The van der Waals surface area contributed by atoms with Crippen molar-refractivity contribution in [3.8, 4) is 116 Å². The fraction of sp³-hybridized carbons (Fsp3) is 0.222. The molecule has 23 aromatic rings. The first-order chi connectivity index (χ1) is 66.8. The predicted octanol–water partition coefficient (Wildman–Crippen LogP) is 37.5. The molecule has 23 rings (SSSR count). The van der Waals surface area contributed by atoms with E-state index >= 15 is 0 Å². The lowest BCUT2D eigenvalue weighted by Crippen LogP contribution is -1.84. The highest BCUT2D eigenvalue weighted by molar-refractivity contribution is 7.17. The number of unbranched alkanes of at least 4 members (excludes halogenated alkanes) is 12. The van der Waals surface area contributed by atoms with Crippen molar-refractivity contribution in [3.05, 3.63) is 295 Å². The third-order valence-electron chi connectivity index (χ3n) is 23.4. The molecule has 0 fully saturated rings. The molecule has 0 saturated heterocycles. The fourth-order valence-electron chi connectivity index (χ4n) is 16.2. The Kier molecular flexibility index (Phi) is 34.1. The van der Waals surface area contributed by atoms with Gasteiger partial charge in [0.1, 0.15) is 66.2 Å². The van der Waals surface area contributed by atoms with Crippen molar-refractivity contribution in [1.29, 1.82) is 0 Å². The molecule has 0 unspecified atom stereocenters. The zero-order valence-corrected chi connectivity index (χ0v) is 87.4. The van der Waals surface area contributed by atoms with Gasteiger partial charge in [-0.3, -0.25) is 0 Å². The highest BCUT2D eigenvalue weighted by Crippen LogP contribution is 2.46. The van der Waals surface area contributed by atoms with E-state index in [-0.39, 0.29) is 0 Å². The van der Waals surface area contributed by atoms with Gasteiger partial charge < -0.3 is 0 Å². The average molecular weight is 2050 g/mol. The van der Waals surface area contributed by atoms with E-state index in [4.69, 9.17) is 17.5 Å². The molecule has 15 heterocycles. The maximum atomic E-state index is 4.70. The number of aromatic nitrogens is 12. The van der Waals surface area contributed by atoms with Gasteiger partial charge in [-0.05, 0) is 217 Å². The topological polar surface area (TPSA) is 155 Å². The van der Waals surface area contributed by atoms with E-state index in [0.717, 1.165) is 77.3 Å². The van der Waals surface area contributed by atoms with Crippen molar-refractivity contribution in [3.63, 3.8) is 0 Å². The quantitative estimate of drug-likeness (QED) is 0.0380. The number of hydrogen-bond donors (Lipinski definition) is 0. The second kappa shape index (κ2) is 48.3. The predicted molar refractivity (Wildman–Crippen MR) is 597 cm³/mol. The summed E-state index contributed by atoms with van der Waals surface area (Å²) in [6.45, 7) is 9.07. The van der Waals surface area contributed by atoms with E-state index in [1.807, 2.05) is 93.9 Å². The van der Waals surface area contributed by atoms with Crippen LogP contribution in [0.4, 0.5) is 0 Å². The number of hydrogen-bond acceptors (Lipinski definition) is 27. The van der Waals surface area contributed by atoms with Crippen molar-refractivity contribution in [2.24, 2.45) is 0 Å². The summed E-state index contributed by atoms with van der Waals surface area (Å²) >= 11 is 23.9. The summed E-state index contributed by atoms with van der Waals surface area (Å²) in [5.74, 6) is 0. The van der Waals surface area contributed by atoms with E-state index < -0.39 is 0 Å². The Morgan fingerprint density at radius 3 is 0.733 bits per heavy atom. The zero-order chi connectivity index (χ0) is 91.7. The van der Waals surface area contributed by atoms with Gasteiger partial charge in [0.25, 0.3) is 0 Å². The standard InChI is InChI=1S/C26H16N2S3.2C26H32N2S3.C14H8N2S3.C10H6N2S2.C6H4N2S/c1-3-7-17(8-4-1)19-13-23(29-15-19)21-11-12-22(26-25(21)27-31-28-26)24-14-20(16-30-24)18-9-5-2-6-10-18;2*1-3-5-7-9-11-19-15-23(29-17-19)21-13-14-22(26-25(21)27-31-28-26)24-16-20(18-30-24)12-10-8-6-4-2;1-3-11(17-7-1)9-5-6-10(12-4-2-8-18-12)14-13(9)15-19-16-14;1-3-7(9-5-2-6-13-9)10-8(4-1)11-14-12-10;1-2-4-6-5(3-1)7-9-8-6/h1-16H;2*13-18H,3-12H2,1-2H3;1-8H;1-6H;1-4H. The van der Waals surface area contributed by atoms with Crippen LogP contribution in [0.5, 0.6) is 0 Å². The van der Waals surface area contributed by atoms with Gasteiger partial charge in [0.15, 0.2) is 0 Å². The Balaban J connectivity index is 0.000000112. The van der Waals surface area contributed by atoms with E-state index in [1.54, 1.807) is 56.7 Å². The van der Waals surface area contributed by atoms with Gasteiger partial charge in [-0.25, -0.2) is 0 Å². The second-order valence-electron chi connectivity index (χ2n) is 32.8. The molecule has 0 N–H and O–H groups in total. The molecule has 135 heavy (non-hydrogen) atoms. The van der Waals surface area contributed by atoms with Crippen LogP contribution in [0, 0.1) is 0 Å². The molecule has 8 aromatic carbocycles. The fourth-order valence-corrected chi connectivity index (χ4v) is 27.6. The van der Waals surface area contributed by atoms with Gasteiger partial charge in [-0.1, -0.05) is 256 Å². The molecule has 0 bridgehead atoms. The molecule has 0 atom stereocenters. The molecule has 0 saturated carbocycles. The molecule has 0 amide bonds. The SMILES string of the molecule is CCCCCCc1csc(-c2ccc(-c3cc(CCCCCC)cs3)c3nsnc23)c1.CCCCCCc1csc(-c2ccc(-c3cc(CCCCCC)cs3)c3nsnc23)c1.c1ccc(-c2csc(-c3ccc(-c4cc(-c5ccccc5)cs4)c4nsnc34)c2)cc1.c1ccc2nsnc2c1.c1csc(-c2ccc(-c3cccs3)c3nsnc23)c1.c1csc(-c2cccc3nsnc23)c1. The Labute approximate surface area is 849 Å². The minimum Gasteiger partial charge on any atom is -0.173 e. The lowest BCUT2D eigenvalue weighted by Gasteiger charge is -2.03. The number of rotatable bonds is 31. The number of fused-ring (bicyclic) bond motifs is 6. The number of nitrogens with zero attached hydrogens (tertiary/aromatic N) is 12.